The second-order valence-electron chi connectivity index (χ2n) is 13.4. The summed E-state index contributed by atoms with van der Waals surface area (Å²) in [6, 6.07) is 67.4. The van der Waals surface area contributed by atoms with Crippen LogP contribution in [0.2, 0.25) is 0 Å². The molecule has 0 saturated carbocycles. The fourth-order valence-corrected chi connectivity index (χ4v) is 7.66. The van der Waals surface area contributed by atoms with Gasteiger partial charge < -0.3 is 14.0 Å². The molecule has 0 fully saturated rings. The van der Waals surface area contributed by atoms with Crippen LogP contribution in [-0.4, -0.2) is 14.1 Å². The van der Waals surface area contributed by atoms with Gasteiger partial charge in [-0.2, -0.15) is 0 Å². The Morgan fingerprint density at radius 2 is 0.962 bits per heavy atom. The van der Waals surface area contributed by atoms with Crippen molar-refractivity contribution in [3.8, 4) is 33.6 Å². The molecule has 0 N–H and O–H groups in total. The van der Waals surface area contributed by atoms with E-state index in [0.29, 0.717) is 0 Å². The number of pyridine rings is 1. The maximum atomic E-state index is 4.35. The van der Waals surface area contributed by atoms with Gasteiger partial charge in [0.1, 0.15) is 0 Å². The van der Waals surface area contributed by atoms with Crippen LogP contribution in [0.15, 0.2) is 207 Å². The fourth-order valence-electron chi connectivity index (χ4n) is 7.66. The molecule has 0 saturated heterocycles. The quantitative estimate of drug-likeness (QED) is 0.168. The number of hydrogen-bond donors (Lipinski definition) is 0. The van der Waals surface area contributed by atoms with E-state index in [0.717, 1.165) is 39.6 Å². The lowest BCUT2D eigenvalue weighted by atomic mass is 10.0. The van der Waals surface area contributed by atoms with Crippen LogP contribution in [0.1, 0.15) is 0 Å². The molecule has 250 valence electrons. The zero-order chi connectivity index (χ0) is 35.1. The second-order valence-corrected chi connectivity index (χ2v) is 13.4. The maximum Gasteiger partial charge on any atom is 0.0562 e. The molecule has 0 aliphatic heterocycles. The first kappa shape index (κ1) is 30.6. The minimum atomic E-state index is 1.08. The Kier molecular flexibility index (Phi) is 7.43. The number of hydrogen-bond acceptors (Lipinski definition) is 2. The van der Waals surface area contributed by atoms with E-state index in [4.69, 9.17) is 0 Å². The van der Waals surface area contributed by atoms with Crippen molar-refractivity contribution in [2.45, 2.75) is 0 Å². The summed E-state index contributed by atoms with van der Waals surface area (Å²) in [6.07, 6.45) is 5.90. The highest BCUT2D eigenvalue weighted by molar-refractivity contribution is 6.14. The topological polar surface area (TPSA) is 26.0 Å². The zero-order valence-electron chi connectivity index (χ0n) is 28.9. The molecule has 0 atom stereocenters. The zero-order valence-corrected chi connectivity index (χ0v) is 28.9. The second kappa shape index (κ2) is 12.9. The fraction of sp³-hybridized carbons (Fsp3) is 0. The van der Waals surface area contributed by atoms with E-state index < -0.39 is 0 Å². The summed E-state index contributed by atoms with van der Waals surface area (Å²) < 4.78 is 4.68. The number of benzene rings is 7. The van der Waals surface area contributed by atoms with Gasteiger partial charge >= 0.3 is 0 Å². The largest absolute Gasteiger partial charge is 0.316 e. The number of rotatable bonds is 7. The number of nitrogens with zero attached hydrogens (tertiary/aromatic N) is 4. The van der Waals surface area contributed by atoms with Crippen LogP contribution in [0.5, 0.6) is 0 Å². The molecule has 7 aromatic carbocycles. The van der Waals surface area contributed by atoms with Gasteiger partial charge in [-0.05, 0) is 113 Å². The summed E-state index contributed by atoms with van der Waals surface area (Å²) in [7, 11) is 0. The maximum absolute atomic E-state index is 4.35. The van der Waals surface area contributed by atoms with Crippen molar-refractivity contribution in [2.24, 2.45) is 0 Å². The van der Waals surface area contributed by atoms with E-state index in [1.807, 2.05) is 18.5 Å². The Morgan fingerprint density at radius 1 is 0.396 bits per heavy atom. The van der Waals surface area contributed by atoms with Gasteiger partial charge in [-0.15, -0.1) is 0 Å². The normalized spacial score (nSPS) is 11.4. The highest BCUT2D eigenvalue weighted by Crippen LogP contribution is 2.42. The first-order valence-corrected chi connectivity index (χ1v) is 17.9. The molecule has 4 heteroatoms. The van der Waals surface area contributed by atoms with Crippen molar-refractivity contribution in [3.05, 3.63) is 207 Å². The van der Waals surface area contributed by atoms with Gasteiger partial charge in [0.25, 0.3) is 0 Å². The van der Waals surface area contributed by atoms with Crippen LogP contribution < -0.4 is 4.90 Å². The first-order chi connectivity index (χ1) is 26.3. The average Bonchev–Trinajstić information content (AvgIpc) is 3.80. The van der Waals surface area contributed by atoms with Gasteiger partial charge in [0.2, 0.25) is 0 Å². The van der Waals surface area contributed by atoms with Crippen molar-refractivity contribution >= 4 is 49.8 Å². The van der Waals surface area contributed by atoms with Gasteiger partial charge in [0.05, 0.1) is 16.6 Å². The van der Waals surface area contributed by atoms with Crippen molar-refractivity contribution in [2.75, 3.05) is 4.90 Å². The third-order valence-electron chi connectivity index (χ3n) is 10.2. The molecule has 0 spiro atoms. The first-order valence-electron chi connectivity index (χ1n) is 17.9. The SMILES string of the molecule is c1ccc(-c2ccc(N(c3ccc(-c4cccnc4)cc3)c3ccc4c(c3)c3cc5ccn(-c6ccccc6)c5cc3n4-c3ccccc3)cc2)cc1. The van der Waals surface area contributed by atoms with Crippen molar-refractivity contribution in [1.82, 2.24) is 14.1 Å². The summed E-state index contributed by atoms with van der Waals surface area (Å²) in [5, 5.41) is 3.63. The molecule has 0 amide bonds. The molecule has 0 bridgehead atoms. The molecular formula is C49H34N4. The molecule has 53 heavy (non-hydrogen) atoms. The van der Waals surface area contributed by atoms with E-state index in [9.17, 15) is 0 Å². The van der Waals surface area contributed by atoms with Gasteiger partial charge in [0.15, 0.2) is 0 Å². The highest BCUT2D eigenvalue weighted by atomic mass is 15.1. The predicted octanol–water partition coefficient (Wildman–Crippen LogP) is 12.9. The van der Waals surface area contributed by atoms with Crippen LogP contribution >= 0.6 is 0 Å². The lowest BCUT2D eigenvalue weighted by Crippen LogP contribution is -2.10. The summed E-state index contributed by atoms with van der Waals surface area (Å²) in [5.41, 5.74) is 13.7. The Morgan fingerprint density at radius 3 is 1.62 bits per heavy atom. The van der Waals surface area contributed by atoms with E-state index in [1.165, 1.54) is 43.8 Å². The lowest BCUT2D eigenvalue weighted by Gasteiger charge is -2.26. The van der Waals surface area contributed by atoms with E-state index in [-0.39, 0.29) is 0 Å². The third-order valence-corrected chi connectivity index (χ3v) is 10.2. The van der Waals surface area contributed by atoms with Crippen molar-refractivity contribution < 1.29 is 0 Å². The minimum Gasteiger partial charge on any atom is -0.316 e. The molecule has 10 aromatic rings. The van der Waals surface area contributed by atoms with Gasteiger partial charge in [-0.25, -0.2) is 0 Å². The predicted molar refractivity (Wildman–Crippen MR) is 221 cm³/mol. The standard InChI is InChI=1S/C49H34N4/c1-4-11-35(12-5-1)36-18-22-42(23-19-36)52(43-24-20-37(21-25-43)39-13-10-29-50-34-39)44-26-27-47-46(32-44)45-31-38-28-30-51(40-14-6-2-7-15-40)48(38)33-49(45)53(47)41-16-8-3-9-17-41/h1-34H. The van der Waals surface area contributed by atoms with Crippen LogP contribution in [0, 0.1) is 0 Å². The average molecular weight is 679 g/mol. The summed E-state index contributed by atoms with van der Waals surface area (Å²) in [6.45, 7) is 0. The molecule has 3 heterocycles. The van der Waals surface area contributed by atoms with Crippen molar-refractivity contribution in [1.29, 1.82) is 0 Å². The Balaban J connectivity index is 1.17. The molecule has 10 rings (SSSR count). The van der Waals surface area contributed by atoms with E-state index in [2.05, 4.69) is 207 Å². The van der Waals surface area contributed by atoms with E-state index >= 15 is 0 Å². The molecule has 0 aliphatic carbocycles. The third kappa shape index (κ3) is 5.45. The molecule has 0 unspecified atom stereocenters. The molecule has 3 aromatic heterocycles. The van der Waals surface area contributed by atoms with Gasteiger partial charge in [0, 0.05) is 63.2 Å². The van der Waals surface area contributed by atoms with E-state index in [1.54, 1.807) is 0 Å². The van der Waals surface area contributed by atoms with Gasteiger partial charge in [-0.3, -0.25) is 4.98 Å². The molecule has 0 radical (unpaired) electrons. The molecular weight excluding hydrogens is 645 g/mol. The number of anilines is 3. The summed E-state index contributed by atoms with van der Waals surface area (Å²) in [5.74, 6) is 0. The van der Waals surface area contributed by atoms with Crippen LogP contribution in [0.3, 0.4) is 0 Å². The Bertz CT molecular complexity index is 2760. The Labute approximate surface area is 308 Å². The van der Waals surface area contributed by atoms with Gasteiger partial charge in [-0.1, -0.05) is 97.1 Å². The Hall–Kier alpha value is -7.17. The smallest absolute Gasteiger partial charge is 0.0562 e. The lowest BCUT2D eigenvalue weighted by molar-refractivity contribution is 1.12. The number of fused-ring (bicyclic) bond motifs is 4. The van der Waals surface area contributed by atoms with Crippen LogP contribution in [0.25, 0.3) is 66.3 Å². The highest BCUT2D eigenvalue weighted by Gasteiger charge is 2.19. The molecule has 0 aliphatic rings. The molecule has 4 nitrogen and oxygen atoms in total. The number of para-hydroxylation sites is 2. The number of aromatic nitrogens is 3. The minimum absolute atomic E-state index is 1.08. The van der Waals surface area contributed by atoms with Crippen LogP contribution in [0.4, 0.5) is 17.1 Å². The monoisotopic (exact) mass is 678 g/mol. The summed E-state index contributed by atoms with van der Waals surface area (Å²) in [4.78, 5) is 6.70. The summed E-state index contributed by atoms with van der Waals surface area (Å²) >= 11 is 0. The van der Waals surface area contributed by atoms with Crippen LogP contribution in [-0.2, 0) is 0 Å². The van der Waals surface area contributed by atoms with Crippen molar-refractivity contribution in [3.63, 3.8) is 0 Å².